The predicted molar refractivity (Wildman–Crippen MR) is 58.1 cm³/mol. The molecule has 0 saturated heterocycles. The lowest BCUT2D eigenvalue weighted by Crippen LogP contribution is -2.03. The van der Waals surface area contributed by atoms with Gasteiger partial charge in [0.05, 0.1) is 10.7 Å². The second-order valence-electron chi connectivity index (χ2n) is 3.20. The van der Waals surface area contributed by atoms with E-state index >= 15 is 0 Å². The molecule has 0 bridgehead atoms. The molecule has 0 aliphatic rings. The number of anilines is 1. The average Bonchev–Trinajstić information content (AvgIpc) is 2.52. The second-order valence-corrected chi connectivity index (χ2v) is 3.60. The van der Waals surface area contributed by atoms with Crippen LogP contribution in [0, 0.1) is 13.8 Å². The minimum absolute atomic E-state index is 0.407. The molecule has 0 aliphatic heterocycles. The second kappa shape index (κ2) is 3.51. The van der Waals surface area contributed by atoms with Crippen molar-refractivity contribution in [1.29, 1.82) is 0 Å². The number of pyridine rings is 1. The quantitative estimate of drug-likeness (QED) is 0.796. The third-order valence-corrected chi connectivity index (χ3v) is 2.43. The van der Waals surface area contributed by atoms with Crippen LogP contribution in [0.3, 0.4) is 0 Å². The average molecular weight is 224 g/mol. The summed E-state index contributed by atoms with van der Waals surface area (Å²) in [6.45, 7) is 3.62. The maximum Gasteiger partial charge on any atom is 0.174 e. The summed E-state index contributed by atoms with van der Waals surface area (Å²) < 4.78 is 0. The highest BCUT2D eigenvalue weighted by molar-refractivity contribution is 6.31. The number of aryl methyl sites for hydroxylation is 2. The van der Waals surface area contributed by atoms with E-state index in [2.05, 4.69) is 15.2 Å². The van der Waals surface area contributed by atoms with E-state index in [0.29, 0.717) is 22.4 Å². The molecule has 2 aromatic heterocycles. The first-order chi connectivity index (χ1) is 7.08. The summed E-state index contributed by atoms with van der Waals surface area (Å²) in [6, 6.07) is 3.50. The van der Waals surface area contributed by atoms with Gasteiger partial charge in [0.25, 0.3) is 0 Å². The van der Waals surface area contributed by atoms with E-state index in [0.717, 1.165) is 5.69 Å². The van der Waals surface area contributed by atoms with Gasteiger partial charge in [-0.25, -0.2) is 4.98 Å². The number of nitrogen functional groups attached to an aromatic ring is 1. The lowest BCUT2D eigenvalue weighted by atomic mass is 10.4. The number of nitrogens with two attached hydrogens (primary N) is 1. The van der Waals surface area contributed by atoms with Crippen LogP contribution < -0.4 is 5.73 Å². The molecule has 2 heterocycles. The fourth-order valence-corrected chi connectivity index (χ4v) is 1.24. The van der Waals surface area contributed by atoms with Gasteiger partial charge in [0.2, 0.25) is 0 Å². The van der Waals surface area contributed by atoms with Gasteiger partial charge in [-0.05, 0) is 26.0 Å². The van der Waals surface area contributed by atoms with Gasteiger partial charge in [-0.1, -0.05) is 11.6 Å². The highest BCUT2D eigenvalue weighted by Gasteiger charge is 2.07. The molecule has 0 amide bonds. The zero-order valence-corrected chi connectivity index (χ0v) is 9.15. The maximum atomic E-state index is 5.87. The van der Waals surface area contributed by atoms with Gasteiger partial charge in [0, 0.05) is 0 Å². The van der Waals surface area contributed by atoms with E-state index in [4.69, 9.17) is 17.3 Å². The number of hydrogen-bond acceptors (Lipinski definition) is 4. The van der Waals surface area contributed by atoms with Crippen molar-refractivity contribution in [2.24, 2.45) is 0 Å². The minimum Gasteiger partial charge on any atom is -0.381 e. The molecule has 0 radical (unpaired) electrons. The fraction of sp³-hybridized carbons (Fsp3) is 0.222. The van der Waals surface area contributed by atoms with E-state index in [1.807, 2.05) is 6.92 Å². The van der Waals surface area contributed by atoms with E-state index in [1.165, 1.54) is 4.80 Å². The third kappa shape index (κ3) is 1.78. The van der Waals surface area contributed by atoms with Crippen LogP contribution in [0.5, 0.6) is 0 Å². The molecular weight excluding hydrogens is 214 g/mol. The number of halogens is 1. The minimum atomic E-state index is 0.407. The molecule has 15 heavy (non-hydrogen) atoms. The van der Waals surface area contributed by atoms with Crippen molar-refractivity contribution in [2.75, 3.05) is 5.73 Å². The van der Waals surface area contributed by atoms with Crippen LogP contribution in [-0.4, -0.2) is 20.0 Å². The normalized spacial score (nSPS) is 10.6. The molecule has 0 atom stereocenters. The molecule has 0 spiro atoms. The molecular formula is C9H10ClN5. The topological polar surface area (TPSA) is 69.6 Å². The first-order valence-electron chi connectivity index (χ1n) is 4.41. The van der Waals surface area contributed by atoms with Crippen LogP contribution in [0.15, 0.2) is 12.1 Å². The number of nitrogens with zero attached hydrogens (tertiary/aromatic N) is 4. The van der Waals surface area contributed by atoms with Gasteiger partial charge >= 0.3 is 0 Å². The van der Waals surface area contributed by atoms with Crippen LogP contribution in [0.2, 0.25) is 5.02 Å². The molecule has 2 rings (SSSR count). The Hall–Kier alpha value is -1.62. The van der Waals surface area contributed by atoms with Crippen molar-refractivity contribution < 1.29 is 0 Å². The van der Waals surface area contributed by atoms with E-state index in [1.54, 1.807) is 19.1 Å². The predicted octanol–water partition coefficient (Wildman–Crippen LogP) is 1.51. The Kier molecular flexibility index (Phi) is 2.32. The first kappa shape index (κ1) is 9.92. The molecule has 78 valence electrons. The van der Waals surface area contributed by atoms with Crippen LogP contribution in [0.4, 0.5) is 5.82 Å². The Balaban J connectivity index is 2.49. The zero-order chi connectivity index (χ0) is 11.0. The zero-order valence-electron chi connectivity index (χ0n) is 8.40. The molecule has 6 heteroatoms. The summed E-state index contributed by atoms with van der Waals surface area (Å²) >= 11 is 5.87. The van der Waals surface area contributed by atoms with Gasteiger partial charge in [0.15, 0.2) is 11.6 Å². The standard InChI is InChI=1S/C9H10ClN5/c1-5-7(10)3-4-8(12-5)15-13-6(2)9(11)14-15/h3-4H,1-2H3,(H2,11,14). The molecule has 0 saturated carbocycles. The molecule has 0 aliphatic carbocycles. The van der Waals surface area contributed by atoms with Crippen molar-refractivity contribution in [3.05, 3.63) is 28.5 Å². The van der Waals surface area contributed by atoms with Crippen molar-refractivity contribution in [2.45, 2.75) is 13.8 Å². The SMILES string of the molecule is Cc1nc(-n2nc(C)c(N)n2)ccc1Cl. The summed E-state index contributed by atoms with van der Waals surface area (Å²) in [5, 5.41) is 8.78. The van der Waals surface area contributed by atoms with Crippen LogP contribution in [-0.2, 0) is 0 Å². The summed E-state index contributed by atoms with van der Waals surface area (Å²) in [4.78, 5) is 5.64. The summed E-state index contributed by atoms with van der Waals surface area (Å²) in [5.74, 6) is 1.01. The molecule has 2 N–H and O–H groups in total. The lowest BCUT2D eigenvalue weighted by molar-refractivity contribution is 0.723. The van der Waals surface area contributed by atoms with Crippen LogP contribution in [0.25, 0.3) is 5.82 Å². The first-order valence-corrected chi connectivity index (χ1v) is 4.78. The van der Waals surface area contributed by atoms with E-state index in [-0.39, 0.29) is 0 Å². The smallest absolute Gasteiger partial charge is 0.174 e. The van der Waals surface area contributed by atoms with Gasteiger partial charge in [-0.15, -0.1) is 15.0 Å². The lowest BCUT2D eigenvalue weighted by Gasteiger charge is -2.00. The summed E-state index contributed by atoms with van der Waals surface area (Å²) in [5.41, 5.74) is 7.02. The van der Waals surface area contributed by atoms with E-state index < -0.39 is 0 Å². The Morgan fingerprint density at radius 2 is 1.93 bits per heavy atom. The molecule has 0 fully saturated rings. The Morgan fingerprint density at radius 1 is 1.20 bits per heavy atom. The van der Waals surface area contributed by atoms with Crippen LogP contribution >= 0.6 is 11.6 Å². The molecule has 0 aromatic carbocycles. The fourth-order valence-electron chi connectivity index (χ4n) is 1.13. The highest BCUT2D eigenvalue weighted by Crippen LogP contribution is 2.15. The largest absolute Gasteiger partial charge is 0.381 e. The highest BCUT2D eigenvalue weighted by atomic mass is 35.5. The van der Waals surface area contributed by atoms with Crippen molar-refractivity contribution in [3.63, 3.8) is 0 Å². The van der Waals surface area contributed by atoms with Gasteiger partial charge in [-0.2, -0.15) is 0 Å². The summed E-state index contributed by atoms with van der Waals surface area (Å²) in [7, 11) is 0. The van der Waals surface area contributed by atoms with Crippen molar-refractivity contribution >= 4 is 17.4 Å². The molecule has 2 aromatic rings. The van der Waals surface area contributed by atoms with E-state index in [9.17, 15) is 0 Å². The Labute approximate surface area is 91.9 Å². The van der Waals surface area contributed by atoms with Crippen LogP contribution in [0.1, 0.15) is 11.4 Å². The molecule has 0 unspecified atom stereocenters. The van der Waals surface area contributed by atoms with Crippen molar-refractivity contribution in [1.82, 2.24) is 20.0 Å². The number of aromatic nitrogens is 4. The third-order valence-electron chi connectivity index (χ3n) is 2.03. The maximum absolute atomic E-state index is 5.87. The Bertz CT molecular complexity index is 486. The van der Waals surface area contributed by atoms with Gasteiger partial charge in [-0.3, -0.25) is 0 Å². The molecule has 5 nitrogen and oxygen atoms in total. The number of hydrogen-bond donors (Lipinski definition) is 1. The number of rotatable bonds is 1. The van der Waals surface area contributed by atoms with Crippen molar-refractivity contribution in [3.8, 4) is 5.82 Å². The monoisotopic (exact) mass is 223 g/mol. The summed E-state index contributed by atoms with van der Waals surface area (Å²) in [6.07, 6.45) is 0. The van der Waals surface area contributed by atoms with Gasteiger partial charge < -0.3 is 5.73 Å². The Morgan fingerprint density at radius 3 is 2.47 bits per heavy atom. The van der Waals surface area contributed by atoms with Gasteiger partial charge in [0.1, 0.15) is 5.69 Å².